The lowest BCUT2D eigenvalue weighted by atomic mass is 9.74. The van der Waals surface area contributed by atoms with Gasteiger partial charge >= 0.3 is 5.97 Å². The van der Waals surface area contributed by atoms with Gasteiger partial charge in [-0.05, 0) is 31.6 Å². The molecule has 0 aromatic rings. The maximum atomic E-state index is 11.7. The standard InChI is InChI=1S/C12H20O2/c1-2-14-12(13)11-8-4-6-9-5-3-7-10(9)11/h9-11H,2-8H2,1H3/t9-,10-,11+/m0/s1. The van der Waals surface area contributed by atoms with E-state index in [0.29, 0.717) is 12.5 Å². The fourth-order valence-corrected chi connectivity index (χ4v) is 3.31. The first-order valence-electron chi connectivity index (χ1n) is 5.99. The summed E-state index contributed by atoms with van der Waals surface area (Å²) in [6.07, 6.45) is 7.57. The number of ether oxygens (including phenoxy) is 1. The average molecular weight is 196 g/mol. The van der Waals surface area contributed by atoms with E-state index < -0.39 is 0 Å². The number of esters is 1. The lowest BCUT2D eigenvalue weighted by molar-refractivity contribution is -0.152. The molecule has 0 amide bonds. The van der Waals surface area contributed by atoms with Crippen molar-refractivity contribution in [2.75, 3.05) is 6.61 Å². The Bertz CT molecular complexity index is 212. The van der Waals surface area contributed by atoms with E-state index in [0.717, 1.165) is 12.3 Å². The van der Waals surface area contributed by atoms with E-state index in [1.54, 1.807) is 0 Å². The van der Waals surface area contributed by atoms with Crippen molar-refractivity contribution >= 4 is 5.97 Å². The average Bonchev–Trinajstić information content (AvgIpc) is 2.65. The lowest BCUT2D eigenvalue weighted by Gasteiger charge is -2.32. The number of hydrogen-bond acceptors (Lipinski definition) is 2. The molecule has 80 valence electrons. The van der Waals surface area contributed by atoms with Crippen LogP contribution >= 0.6 is 0 Å². The molecule has 2 heteroatoms. The molecule has 0 spiro atoms. The van der Waals surface area contributed by atoms with E-state index in [9.17, 15) is 4.79 Å². The molecule has 2 saturated carbocycles. The van der Waals surface area contributed by atoms with E-state index in [4.69, 9.17) is 4.74 Å². The smallest absolute Gasteiger partial charge is 0.309 e. The van der Waals surface area contributed by atoms with E-state index >= 15 is 0 Å². The third kappa shape index (κ3) is 1.79. The number of carbonyl (C=O) groups is 1. The highest BCUT2D eigenvalue weighted by Gasteiger charge is 2.40. The molecule has 14 heavy (non-hydrogen) atoms. The van der Waals surface area contributed by atoms with Gasteiger partial charge in [0.2, 0.25) is 0 Å². The second-order valence-electron chi connectivity index (χ2n) is 4.64. The van der Waals surface area contributed by atoms with Gasteiger partial charge in [-0.15, -0.1) is 0 Å². The fraction of sp³-hybridized carbons (Fsp3) is 0.917. The van der Waals surface area contributed by atoms with E-state index in [1.807, 2.05) is 6.92 Å². The molecule has 2 fully saturated rings. The van der Waals surface area contributed by atoms with Crippen molar-refractivity contribution in [1.82, 2.24) is 0 Å². The van der Waals surface area contributed by atoms with Crippen molar-refractivity contribution in [3.05, 3.63) is 0 Å². The van der Waals surface area contributed by atoms with Gasteiger partial charge < -0.3 is 4.74 Å². The highest BCUT2D eigenvalue weighted by atomic mass is 16.5. The maximum absolute atomic E-state index is 11.7. The zero-order chi connectivity index (χ0) is 9.97. The summed E-state index contributed by atoms with van der Waals surface area (Å²) in [5.41, 5.74) is 0. The molecule has 0 unspecified atom stereocenters. The van der Waals surface area contributed by atoms with Crippen LogP contribution in [0.4, 0.5) is 0 Å². The lowest BCUT2D eigenvalue weighted by Crippen LogP contribution is -2.31. The Balaban J connectivity index is 1.99. The molecule has 2 rings (SSSR count). The van der Waals surface area contributed by atoms with Crippen molar-refractivity contribution in [3.8, 4) is 0 Å². The predicted octanol–water partition coefficient (Wildman–Crippen LogP) is 2.77. The third-order valence-corrected chi connectivity index (χ3v) is 3.91. The molecule has 2 aliphatic rings. The number of fused-ring (bicyclic) bond motifs is 1. The molecule has 0 aromatic heterocycles. The maximum Gasteiger partial charge on any atom is 0.309 e. The largest absolute Gasteiger partial charge is 0.466 e. The van der Waals surface area contributed by atoms with Gasteiger partial charge in [0.1, 0.15) is 0 Å². The number of rotatable bonds is 2. The monoisotopic (exact) mass is 196 g/mol. The molecule has 3 atom stereocenters. The second-order valence-corrected chi connectivity index (χ2v) is 4.64. The van der Waals surface area contributed by atoms with Gasteiger partial charge in [0.25, 0.3) is 0 Å². The normalized spacial score (nSPS) is 36.5. The van der Waals surface area contributed by atoms with Crippen LogP contribution in [0, 0.1) is 17.8 Å². The van der Waals surface area contributed by atoms with Crippen LogP contribution in [0.2, 0.25) is 0 Å². The Morgan fingerprint density at radius 1 is 1.21 bits per heavy atom. The van der Waals surface area contributed by atoms with Gasteiger partial charge in [0.05, 0.1) is 12.5 Å². The molecule has 0 radical (unpaired) electrons. The van der Waals surface area contributed by atoms with Crippen LogP contribution < -0.4 is 0 Å². The number of carbonyl (C=O) groups excluding carboxylic acids is 1. The molecular weight excluding hydrogens is 176 g/mol. The molecule has 0 heterocycles. The summed E-state index contributed by atoms with van der Waals surface area (Å²) in [6, 6.07) is 0. The summed E-state index contributed by atoms with van der Waals surface area (Å²) in [4.78, 5) is 11.7. The quantitative estimate of drug-likeness (QED) is 0.635. The van der Waals surface area contributed by atoms with Crippen LogP contribution in [0.1, 0.15) is 45.4 Å². The first-order chi connectivity index (χ1) is 6.83. The zero-order valence-electron chi connectivity index (χ0n) is 9.00. The van der Waals surface area contributed by atoms with Gasteiger partial charge in [-0.25, -0.2) is 0 Å². The topological polar surface area (TPSA) is 26.3 Å². The summed E-state index contributed by atoms with van der Waals surface area (Å²) in [5.74, 6) is 1.79. The molecule has 2 aliphatic carbocycles. The Kier molecular flexibility index (Phi) is 3.09. The minimum absolute atomic E-state index is 0.0732. The molecule has 0 aliphatic heterocycles. The van der Waals surface area contributed by atoms with E-state index in [2.05, 4.69) is 0 Å². The van der Waals surface area contributed by atoms with Crippen molar-refractivity contribution in [2.45, 2.75) is 45.4 Å². The Hall–Kier alpha value is -0.530. The number of hydrogen-bond donors (Lipinski definition) is 0. The fourth-order valence-electron chi connectivity index (χ4n) is 3.31. The van der Waals surface area contributed by atoms with Gasteiger partial charge in [-0.1, -0.05) is 25.7 Å². The Morgan fingerprint density at radius 2 is 1.93 bits per heavy atom. The van der Waals surface area contributed by atoms with Crippen LogP contribution in [0.15, 0.2) is 0 Å². The molecule has 0 bridgehead atoms. The molecule has 0 aromatic carbocycles. The summed E-state index contributed by atoms with van der Waals surface area (Å²) >= 11 is 0. The molecular formula is C12H20O2. The summed E-state index contributed by atoms with van der Waals surface area (Å²) in [7, 11) is 0. The SMILES string of the molecule is CCOC(=O)[C@@H]1CCC[C@@H]2CCC[C@@H]21. The molecule has 0 saturated heterocycles. The van der Waals surface area contributed by atoms with Gasteiger partial charge in [-0.3, -0.25) is 4.79 Å². The molecule has 0 N–H and O–H groups in total. The first-order valence-corrected chi connectivity index (χ1v) is 5.99. The van der Waals surface area contributed by atoms with Crippen molar-refractivity contribution in [2.24, 2.45) is 17.8 Å². The van der Waals surface area contributed by atoms with Crippen molar-refractivity contribution in [1.29, 1.82) is 0 Å². The van der Waals surface area contributed by atoms with Gasteiger partial charge in [-0.2, -0.15) is 0 Å². The third-order valence-electron chi connectivity index (χ3n) is 3.91. The second kappa shape index (κ2) is 4.33. The van der Waals surface area contributed by atoms with Gasteiger partial charge in [0.15, 0.2) is 0 Å². The summed E-state index contributed by atoms with van der Waals surface area (Å²) < 4.78 is 5.15. The van der Waals surface area contributed by atoms with Crippen molar-refractivity contribution in [3.63, 3.8) is 0 Å². The summed E-state index contributed by atoms with van der Waals surface area (Å²) in [6.45, 7) is 2.43. The minimum Gasteiger partial charge on any atom is -0.466 e. The zero-order valence-corrected chi connectivity index (χ0v) is 9.00. The molecule has 2 nitrogen and oxygen atoms in total. The van der Waals surface area contributed by atoms with Gasteiger partial charge in [0, 0.05) is 0 Å². The Labute approximate surface area is 86.0 Å². The predicted molar refractivity (Wildman–Crippen MR) is 54.8 cm³/mol. The minimum atomic E-state index is 0.0732. The van der Waals surface area contributed by atoms with Crippen LogP contribution in [-0.2, 0) is 9.53 Å². The highest BCUT2D eigenvalue weighted by molar-refractivity contribution is 5.73. The van der Waals surface area contributed by atoms with Crippen molar-refractivity contribution < 1.29 is 9.53 Å². The van der Waals surface area contributed by atoms with Crippen LogP contribution in [-0.4, -0.2) is 12.6 Å². The van der Waals surface area contributed by atoms with Crippen LogP contribution in [0.3, 0.4) is 0 Å². The van der Waals surface area contributed by atoms with Crippen LogP contribution in [0.5, 0.6) is 0 Å². The van der Waals surface area contributed by atoms with E-state index in [1.165, 1.54) is 32.1 Å². The summed E-state index contributed by atoms with van der Waals surface area (Å²) in [5, 5.41) is 0. The highest BCUT2D eigenvalue weighted by Crippen LogP contribution is 2.45. The van der Waals surface area contributed by atoms with E-state index in [-0.39, 0.29) is 11.9 Å². The Morgan fingerprint density at radius 3 is 2.64 bits per heavy atom. The van der Waals surface area contributed by atoms with Crippen LogP contribution in [0.25, 0.3) is 0 Å². The first kappa shape index (κ1) is 10.0.